The molecule has 2 unspecified atom stereocenters. The van der Waals surface area contributed by atoms with Crippen LogP contribution in [0, 0.1) is 0 Å². The van der Waals surface area contributed by atoms with E-state index in [2.05, 4.69) is 9.55 Å². The summed E-state index contributed by atoms with van der Waals surface area (Å²) in [6.45, 7) is 1.29. The molecule has 2 aliphatic rings. The average molecular weight is 274 g/mol. The molecular weight excluding hydrogens is 256 g/mol. The molecule has 1 N–H and O–H groups in total. The van der Waals surface area contributed by atoms with Crippen molar-refractivity contribution in [2.24, 2.45) is 0 Å². The number of aromatic nitrogens is 2. The van der Waals surface area contributed by atoms with Crippen molar-refractivity contribution in [3.63, 3.8) is 0 Å². The molecule has 1 saturated heterocycles. The molecule has 0 amide bonds. The topological polar surface area (TPSA) is 56.5 Å². The largest absolute Gasteiger partial charge is 0.391 e. The Balaban J connectivity index is 1.72. The van der Waals surface area contributed by atoms with Gasteiger partial charge in [0.05, 0.1) is 42.7 Å². The number of nitrogens with zero attached hydrogens (tertiary/aromatic N) is 2. The van der Waals surface area contributed by atoms with Crippen molar-refractivity contribution >= 4 is 11.0 Å². The molecule has 0 radical (unpaired) electrons. The van der Waals surface area contributed by atoms with Crippen LogP contribution in [0.4, 0.5) is 0 Å². The first-order chi connectivity index (χ1) is 9.77. The third-order valence-electron chi connectivity index (χ3n) is 4.44. The first-order valence-corrected chi connectivity index (χ1v) is 7.15. The number of imidazole rings is 1. The monoisotopic (exact) mass is 274 g/mol. The standard InChI is InChI=1S/C15H18N2O3/c18-14-5-6-15(19-7-8-20-15)9-13(14)17-10-16-11-3-1-2-4-12(11)17/h1-4,10,13-14,18H,5-9H2. The lowest BCUT2D eigenvalue weighted by molar-refractivity contribution is -0.199. The van der Waals surface area contributed by atoms with Crippen LogP contribution in [0.3, 0.4) is 0 Å². The average Bonchev–Trinajstić information content (AvgIpc) is 3.09. The van der Waals surface area contributed by atoms with Gasteiger partial charge in [-0.2, -0.15) is 0 Å². The second-order valence-corrected chi connectivity index (χ2v) is 5.63. The van der Waals surface area contributed by atoms with E-state index in [0.29, 0.717) is 26.1 Å². The molecule has 1 aromatic carbocycles. The summed E-state index contributed by atoms with van der Waals surface area (Å²) >= 11 is 0. The lowest BCUT2D eigenvalue weighted by atomic mass is 9.87. The predicted molar refractivity (Wildman–Crippen MR) is 73.3 cm³/mol. The van der Waals surface area contributed by atoms with Crippen LogP contribution in [0.2, 0.25) is 0 Å². The highest BCUT2D eigenvalue weighted by Crippen LogP contribution is 2.41. The zero-order chi connectivity index (χ0) is 13.6. The van der Waals surface area contributed by atoms with E-state index < -0.39 is 5.79 Å². The molecule has 5 nitrogen and oxygen atoms in total. The number of aliphatic hydroxyl groups is 1. The predicted octanol–water partition coefficient (Wildman–Crippen LogP) is 1.87. The number of rotatable bonds is 1. The normalized spacial score (nSPS) is 29.2. The molecule has 1 aliphatic carbocycles. The minimum atomic E-state index is -0.505. The van der Waals surface area contributed by atoms with Gasteiger partial charge in [0.15, 0.2) is 5.79 Å². The van der Waals surface area contributed by atoms with Crippen molar-refractivity contribution in [1.29, 1.82) is 0 Å². The van der Waals surface area contributed by atoms with Crippen LogP contribution in [-0.2, 0) is 9.47 Å². The Morgan fingerprint density at radius 2 is 2.05 bits per heavy atom. The van der Waals surface area contributed by atoms with Crippen molar-refractivity contribution in [2.75, 3.05) is 13.2 Å². The van der Waals surface area contributed by atoms with Gasteiger partial charge in [0.25, 0.3) is 0 Å². The van der Waals surface area contributed by atoms with E-state index in [-0.39, 0.29) is 12.1 Å². The molecule has 1 saturated carbocycles. The van der Waals surface area contributed by atoms with Gasteiger partial charge in [-0.3, -0.25) is 0 Å². The number of fused-ring (bicyclic) bond motifs is 1. The van der Waals surface area contributed by atoms with Crippen molar-refractivity contribution in [1.82, 2.24) is 9.55 Å². The van der Waals surface area contributed by atoms with Gasteiger partial charge in [0, 0.05) is 12.8 Å². The summed E-state index contributed by atoms with van der Waals surface area (Å²) in [5, 5.41) is 10.4. The third kappa shape index (κ3) is 1.85. The Hall–Kier alpha value is -1.43. The summed E-state index contributed by atoms with van der Waals surface area (Å²) in [7, 11) is 0. The van der Waals surface area contributed by atoms with Crippen molar-refractivity contribution in [3.05, 3.63) is 30.6 Å². The van der Waals surface area contributed by atoms with Crippen molar-refractivity contribution in [2.45, 2.75) is 37.2 Å². The van der Waals surface area contributed by atoms with Crippen LogP contribution < -0.4 is 0 Å². The van der Waals surface area contributed by atoms with Gasteiger partial charge in [-0.05, 0) is 18.6 Å². The molecule has 0 bridgehead atoms. The molecule has 2 heterocycles. The molecule has 106 valence electrons. The van der Waals surface area contributed by atoms with Gasteiger partial charge >= 0.3 is 0 Å². The summed E-state index contributed by atoms with van der Waals surface area (Å²) in [6.07, 6.45) is 3.56. The number of aliphatic hydroxyl groups excluding tert-OH is 1. The molecule has 1 spiro atoms. The Labute approximate surface area is 117 Å². The van der Waals surface area contributed by atoms with E-state index in [4.69, 9.17) is 9.47 Å². The fraction of sp³-hybridized carbons (Fsp3) is 0.533. The molecule has 2 fully saturated rings. The summed E-state index contributed by atoms with van der Waals surface area (Å²) in [5.74, 6) is -0.505. The highest BCUT2D eigenvalue weighted by molar-refractivity contribution is 5.75. The molecule has 4 rings (SSSR count). The highest BCUT2D eigenvalue weighted by Gasteiger charge is 2.45. The van der Waals surface area contributed by atoms with Crippen LogP contribution in [0.15, 0.2) is 30.6 Å². The van der Waals surface area contributed by atoms with E-state index in [1.807, 2.05) is 30.6 Å². The van der Waals surface area contributed by atoms with E-state index >= 15 is 0 Å². The Kier molecular flexibility index (Phi) is 2.80. The van der Waals surface area contributed by atoms with Crippen LogP contribution in [0.25, 0.3) is 11.0 Å². The van der Waals surface area contributed by atoms with Crippen molar-refractivity contribution in [3.8, 4) is 0 Å². The highest BCUT2D eigenvalue weighted by atomic mass is 16.7. The van der Waals surface area contributed by atoms with Gasteiger partial charge < -0.3 is 19.1 Å². The third-order valence-corrected chi connectivity index (χ3v) is 4.44. The van der Waals surface area contributed by atoms with Gasteiger partial charge in [-0.25, -0.2) is 4.98 Å². The maximum atomic E-state index is 10.4. The first kappa shape index (κ1) is 12.3. The number of hydrogen-bond acceptors (Lipinski definition) is 4. The van der Waals surface area contributed by atoms with E-state index in [1.54, 1.807) is 0 Å². The maximum Gasteiger partial charge on any atom is 0.170 e. The van der Waals surface area contributed by atoms with Crippen LogP contribution >= 0.6 is 0 Å². The van der Waals surface area contributed by atoms with Gasteiger partial charge in [-0.1, -0.05) is 12.1 Å². The smallest absolute Gasteiger partial charge is 0.170 e. The second-order valence-electron chi connectivity index (χ2n) is 5.63. The first-order valence-electron chi connectivity index (χ1n) is 7.15. The van der Waals surface area contributed by atoms with Crippen molar-refractivity contribution < 1.29 is 14.6 Å². The van der Waals surface area contributed by atoms with Gasteiger partial charge in [0.1, 0.15) is 0 Å². The quantitative estimate of drug-likeness (QED) is 0.862. The summed E-state index contributed by atoms with van der Waals surface area (Å²) < 4.78 is 13.7. The van der Waals surface area contributed by atoms with Gasteiger partial charge in [-0.15, -0.1) is 0 Å². The summed E-state index contributed by atoms with van der Waals surface area (Å²) in [6, 6.07) is 7.94. The zero-order valence-electron chi connectivity index (χ0n) is 11.2. The Morgan fingerprint density at radius 1 is 1.25 bits per heavy atom. The number of benzene rings is 1. The fourth-order valence-corrected chi connectivity index (χ4v) is 3.40. The summed E-state index contributed by atoms with van der Waals surface area (Å²) in [5.41, 5.74) is 2.00. The Bertz CT molecular complexity index is 618. The minimum Gasteiger partial charge on any atom is -0.391 e. The molecule has 1 aliphatic heterocycles. The van der Waals surface area contributed by atoms with Gasteiger partial charge in [0.2, 0.25) is 0 Å². The van der Waals surface area contributed by atoms with Crippen LogP contribution in [0.5, 0.6) is 0 Å². The molecule has 2 aromatic rings. The minimum absolute atomic E-state index is 0.0470. The molecule has 5 heteroatoms. The zero-order valence-corrected chi connectivity index (χ0v) is 11.2. The Morgan fingerprint density at radius 3 is 2.90 bits per heavy atom. The molecule has 20 heavy (non-hydrogen) atoms. The number of hydrogen-bond donors (Lipinski definition) is 1. The fourth-order valence-electron chi connectivity index (χ4n) is 3.40. The van der Waals surface area contributed by atoms with E-state index in [0.717, 1.165) is 17.5 Å². The van der Waals surface area contributed by atoms with Crippen LogP contribution in [-0.4, -0.2) is 39.8 Å². The van der Waals surface area contributed by atoms with Crippen LogP contribution in [0.1, 0.15) is 25.3 Å². The lowest BCUT2D eigenvalue weighted by Crippen LogP contribution is -2.43. The van der Waals surface area contributed by atoms with E-state index in [9.17, 15) is 5.11 Å². The second kappa shape index (κ2) is 4.55. The molecular formula is C15H18N2O3. The molecule has 1 aromatic heterocycles. The molecule has 2 atom stereocenters. The lowest BCUT2D eigenvalue weighted by Gasteiger charge is -2.39. The maximum absolute atomic E-state index is 10.4. The number of para-hydroxylation sites is 2. The number of ether oxygens (including phenoxy) is 2. The SMILES string of the molecule is OC1CCC2(CC1n1cnc3ccccc31)OCCO2. The van der Waals surface area contributed by atoms with E-state index in [1.165, 1.54) is 0 Å². The summed E-state index contributed by atoms with van der Waals surface area (Å²) in [4.78, 5) is 4.41.